The van der Waals surface area contributed by atoms with Gasteiger partial charge >= 0.3 is 5.97 Å². The van der Waals surface area contributed by atoms with Gasteiger partial charge in [-0.05, 0) is 36.4 Å². The molecule has 2 rings (SSSR count). The molecule has 0 saturated heterocycles. The molecule has 104 valence electrons. The van der Waals surface area contributed by atoms with E-state index in [9.17, 15) is 4.79 Å². The van der Waals surface area contributed by atoms with E-state index in [1.165, 1.54) is 6.08 Å². The molecule has 0 aliphatic rings. The molecular weight excluding hydrogens is 290 g/mol. The highest BCUT2D eigenvalue weighted by molar-refractivity contribution is 6.30. The Kier molecular flexibility index (Phi) is 4.60. The van der Waals surface area contributed by atoms with Crippen LogP contribution in [-0.4, -0.2) is 11.1 Å². The van der Waals surface area contributed by atoms with E-state index in [4.69, 9.17) is 26.7 Å². The van der Waals surface area contributed by atoms with Gasteiger partial charge in [0.05, 0.1) is 5.56 Å². The second kappa shape index (κ2) is 6.60. The van der Waals surface area contributed by atoms with E-state index in [0.29, 0.717) is 27.6 Å². The average Bonchev–Trinajstić information content (AvgIpc) is 2.48. The molecule has 2 aromatic rings. The molecule has 0 heterocycles. The van der Waals surface area contributed by atoms with Gasteiger partial charge in [-0.3, -0.25) is 0 Å². The molecule has 0 aliphatic heterocycles. The van der Waals surface area contributed by atoms with Crippen LogP contribution in [0.15, 0.2) is 48.5 Å². The summed E-state index contributed by atoms with van der Waals surface area (Å²) >= 11 is 5.90. The van der Waals surface area contributed by atoms with Crippen molar-refractivity contribution in [3.8, 4) is 17.6 Å². The molecule has 2 aromatic carbocycles. The summed E-state index contributed by atoms with van der Waals surface area (Å²) < 4.78 is 5.69. The van der Waals surface area contributed by atoms with Gasteiger partial charge in [0.25, 0.3) is 0 Å². The topological polar surface area (TPSA) is 70.3 Å². The van der Waals surface area contributed by atoms with Crippen molar-refractivity contribution in [2.45, 2.75) is 0 Å². The lowest BCUT2D eigenvalue weighted by Crippen LogP contribution is -1.91. The Morgan fingerprint density at radius 3 is 2.71 bits per heavy atom. The molecule has 21 heavy (non-hydrogen) atoms. The zero-order valence-corrected chi connectivity index (χ0v) is 11.5. The molecule has 0 fully saturated rings. The maximum Gasteiger partial charge on any atom is 0.328 e. The molecule has 4 nitrogen and oxygen atoms in total. The van der Waals surface area contributed by atoms with Crippen LogP contribution in [0.2, 0.25) is 5.02 Å². The molecule has 0 amide bonds. The smallest absolute Gasteiger partial charge is 0.328 e. The fourth-order valence-corrected chi connectivity index (χ4v) is 1.85. The fraction of sp³-hybridized carbons (Fsp3) is 0. The number of carboxylic acid groups (broad SMARTS) is 1. The normalized spacial score (nSPS) is 10.3. The first-order valence-corrected chi connectivity index (χ1v) is 6.35. The van der Waals surface area contributed by atoms with Crippen LogP contribution >= 0.6 is 11.6 Å². The lowest BCUT2D eigenvalue weighted by atomic mass is 10.1. The maximum absolute atomic E-state index is 10.6. The Labute approximate surface area is 126 Å². The second-order valence-electron chi connectivity index (χ2n) is 4.06. The third-order valence-corrected chi connectivity index (χ3v) is 2.84. The number of hydrogen-bond donors (Lipinski definition) is 1. The van der Waals surface area contributed by atoms with Crippen molar-refractivity contribution in [2.24, 2.45) is 0 Å². The van der Waals surface area contributed by atoms with Crippen molar-refractivity contribution < 1.29 is 14.6 Å². The first-order chi connectivity index (χ1) is 10.1. The number of para-hydroxylation sites is 1. The molecule has 0 aromatic heterocycles. The molecule has 0 atom stereocenters. The highest BCUT2D eigenvalue weighted by Gasteiger charge is 2.07. The monoisotopic (exact) mass is 299 g/mol. The molecule has 0 spiro atoms. The summed E-state index contributed by atoms with van der Waals surface area (Å²) in [6, 6.07) is 13.7. The Morgan fingerprint density at radius 1 is 1.24 bits per heavy atom. The third-order valence-electron chi connectivity index (χ3n) is 2.60. The quantitative estimate of drug-likeness (QED) is 0.863. The first-order valence-electron chi connectivity index (χ1n) is 5.97. The summed E-state index contributed by atoms with van der Waals surface area (Å²) in [5.41, 5.74) is 0.901. The van der Waals surface area contributed by atoms with Gasteiger partial charge in [0, 0.05) is 16.7 Å². The zero-order valence-electron chi connectivity index (χ0n) is 10.8. The average molecular weight is 300 g/mol. The summed E-state index contributed by atoms with van der Waals surface area (Å²) in [7, 11) is 0. The summed E-state index contributed by atoms with van der Waals surface area (Å²) in [6.45, 7) is 0. The lowest BCUT2D eigenvalue weighted by molar-refractivity contribution is -0.131. The van der Waals surface area contributed by atoms with Crippen LogP contribution in [0.1, 0.15) is 11.1 Å². The number of halogens is 1. The van der Waals surface area contributed by atoms with Gasteiger partial charge in [0.15, 0.2) is 0 Å². The lowest BCUT2D eigenvalue weighted by Gasteiger charge is -2.10. The Balaban J connectivity index is 2.40. The van der Waals surface area contributed by atoms with Gasteiger partial charge in [-0.1, -0.05) is 23.7 Å². The van der Waals surface area contributed by atoms with Gasteiger partial charge in [-0.15, -0.1) is 0 Å². The summed E-state index contributed by atoms with van der Waals surface area (Å²) in [5.74, 6) is -0.259. The van der Waals surface area contributed by atoms with E-state index in [1.54, 1.807) is 42.5 Å². The molecule has 0 unspecified atom stereocenters. The van der Waals surface area contributed by atoms with Crippen LogP contribution in [0.3, 0.4) is 0 Å². The zero-order chi connectivity index (χ0) is 15.2. The van der Waals surface area contributed by atoms with Crippen LogP contribution in [0.25, 0.3) is 6.08 Å². The maximum atomic E-state index is 10.6. The minimum Gasteiger partial charge on any atom is -0.478 e. The molecule has 0 aliphatic carbocycles. The van der Waals surface area contributed by atoms with Crippen molar-refractivity contribution in [1.82, 2.24) is 0 Å². The van der Waals surface area contributed by atoms with E-state index in [0.717, 1.165) is 6.08 Å². The fourth-order valence-electron chi connectivity index (χ4n) is 1.67. The number of nitrogens with zero attached hydrogens (tertiary/aromatic N) is 1. The highest BCUT2D eigenvalue weighted by Crippen LogP contribution is 2.30. The molecular formula is C16H10ClNO3. The van der Waals surface area contributed by atoms with Crippen molar-refractivity contribution in [1.29, 1.82) is 5.26 Å². The van der Waals surface area contributed by atoms with Gasteiger partial charge in [0.1, 0.15) is 17.6 Å². The van der Waals surface area contributed by atoms with E-state index in [2.05, 4.69) is 0 Å². The van der Waals surface area contributed by atoms with E-state index in [1.807, 2.05) is 6.07 Å². The molecule has 0 bridgehead atoms. The number of benzene rings is 2. The standard InChI is InChI=1S/C16H10ClNO3/c17-13-6-7-15(11(9-13)5-8-16(19)20)21-14-4-2-1-3-12(14)10-18/h1-9H,(H,19,20)/b8-5+. The first kappa shape index (κ1) is 14.6. The number of carbonyl (C=O) groups is 1. The molecule has 1 N–H and O–H groups in total. The van der Waals surface area contributed by atoms with Crippen molar-refractivity contribution in [2.75, 3.05) is 0 Å². The minimum atomic E-state index is -1.07. The second-order valence-corrected chi connectivity index (χ2v) is 4.50. The molecule has 5 heteroatoms. The highest BCUT2D eigenvalue weighted by atomic mass is 35.5. The summed E-state index contributed by atoms with van der Waals surface area (Å²) in [5, 5.41) is 18.2. The van der Waals surface area contributed by atoms with Crippen LogP contribution in [0.5, 0.6) is 11.5 Å². The molecule has 0 saturated carbocycles. The van der Waals surface area contributed by atoms with Gasteiger partial charge in [-0.25, -0.2) is 4.79 Å². The van der Waals surface area contributed by atoms with Crippen LogP contribution < -0.4 is 4.74 Å². The Bertz CT molecular complexity index is 747. The predicted molar refractivity (Wildman–Crippen MR) is 79.4 cm³/mol. The number of aliphatic carboxylic acids is 1. The number of nitriles is 1. The number of rotatable bonds is 4. The van der Waals surface area contributed by atoms with E-state index >= 15 is 0 Å². The Hall–Kier alpha value is -2.77. The van der Waals surface area contributed by atoms with Crippen LogP contribution in [-0.2, 0) is 4.79 Å². The van der Waals surface area contributed by atoms with Crippen LogP contribution in [0.4, 0.5) is 0 Å². The van der Waals surface area contributed by atoms with Crippen molar-refractivity contribution >= 4 is 23.6 Å². The number of ether oxygens (including phenoxy) is 1. The van der Waals surface area contributed by atoms with Gasteiger partial charge in [-0.2, -0.15) is 5.26 Å². The number of hydrogen-bond acceptors (Lipinski definition) is 3. The predicted octanol–water partition coefficient (Wildman–Crippen LogP) is 4.10. The van der Waals surface area contributed by atoms with Gasteiger partial charge < -0.3 is 9.84 Å². The number of carboxylic acids is 1. The Morgan fingerprint density at radius 2 is 2.00 bits per heavy atom. The SMILES string of the molecule is N#Cc1ccccc1Oc1ccc(Cl)cc1/C=C/C(=O)O. The van der Waals surface area contributed by atoms with E-state index in [-0.39, 0.29) is 0 Å². The summed E-state index contributed by atoms with van der Waals surface area (Å²) in [6.07, 6.45) is 2.38. The largest absolute Gasteiger partial charge is 0.478 e. The molecule has 0 radical (unpaired) electrons. The minimum absolute atomic E-state index is 0.389. The van der Waals surface area contributed by atoms with Crippen molar-refractivity contribution in [3.63, 3.8) is 0 Å². The third kappa shape index (κ3) is 3.85. The van der Waals surface area contributed by atoms with Gasteiger partial charge in [0.2, 0.25) is 0 Å². The van der Waals surface area contributed by atoms with Crippen molar-refractivity contribution in [3.05, 3.63) is 64.7 Å². The van der Waals surface area contributed by atoms with E-state index < -0.39 is 5.97 Å². The summed E-state index contributed by atoms with van der Waals surface area (Å²) in [4.78, 5) is 10.6. The van der Waals surface area contributed by atoms with Crippen LogP contribution in [0, 0.1) is 11.3 Å².